The topological polar surface area (TPSA) is 56.7 Å². The molecule has 1 spiro atoms. The average molecular weight is 364 g/mol. The van der Waals surface area contributed by atoms with Gasteiger partial charge >= 0.3 is 0 Å². The zero-order valence-corrected chi connectivity index (χ0v) is 15.3. The van der Waals surface area contributed by atoms with E-state index in [1.165, 1.54) is 0 Å². The van der Waals surface area contributed by atoms with Crippen molar-refractivity contribution in [3.05, 3.63) is 23.4 Å². The van der Waals surface area contributed by atoms with Crippen molar-refractivity contribution in [2.75, 3.05) is 24.5 Å². The summed E-state index contributed by atoms with van der Waals surface area (Å²) in [6.45, 7) is 2.54. The summed E-state index contributed by atoms with van der Waals surface area (Å²) < 4.78 is 0. The molecule has 0 bridgehead atoms. The summed E-state index contributed by atoms with van der Waals surface area (Å²) in [6.07, 6.45) is 7.86. The molecule has 0 unspecified atom stereocenters. The summed E-state index contributed by atoms with van der Waals surface area (Å²) in [5.74, 6) is 1.18. The molecule has 1 aromatic rings. The number of carbonyl (C=O) groups is 1. The lowest BCUT2D eigenvalue weighted by Gasteiger charge is -2.40. The highest BCUT2D eigenvalue weighted by Gasteiger charge is 2.50. The van der Waals surface area contributed by atoms with Gasteiger partial charge in [0.2, 0.25) is 5.91 Å². The lowest BCUT2D eigenvalue weighted by atomic mass is 9.77. The number of hydrogen-bond donors (Lipinski definition) is 1. The summed E-state index contributed by atoms with van der Waals surface area (Å²) in [5, 5.41) is 10.4. The van der Waals surface area contributed by atoms with Gasteiger partial charge in [-0.15, -0.1) is 0 Å². The maximum Gasteiger partial charge on any atom is 0.229 e. The molecule has 4 rings (SSSR count). The molecule has 3 fully saturated rings. The van der Waals surface area contributed by atoms with Crippen LogP contribution >= 0.6 is 11.6 Å². The molecule has 2 saturated heterocycles. The van der Waals surface area contributed by atoms with Crippen LogP contribution in [0.3, 0.4) is 0 Å². The van der Waals surface area contributed by atoms with Crippen molar-refractivity contribution < 1.29 is 9.90 Å². The minimum Gasteiger partial charge on any atom is -0.393 e. The number of pyridine rings is 1. The van der Waals surface area contributed by atoms with E-state index in [2.05, 4.69) is 14.8 Å². The number of rotatable bonds is 2. The predicted molar refractivity (Wildman–Crippen MR) is 97.7 cm³/mol. The highest BCUT2D eigenvalue weighted by atomic mass is 35.5. The Morgan fingerprint density at radius 1 is 1.12 bits per heavy atom. The van der Waals surface area contributed by atoms with Gasteiger partial charge in [-0.3, -0.25) is 4.79 Å². The van der Waals surface area contributed by atoms with Crippen molar-refractivity contribution >= 4 is 23.3 Å². The summed E-state index contributed by atoms with van der Waals surface area (Å²) in [7, 11) is 0. The van der Waals surface area contributed by atoms with Gasteiger partial charge in [0.25, 0.3) is 0 Å². The minimum atomic E-state index is -0.187. The monoisotopic (exact) mass is 363 g/mol. The first-order chi connectivity index (χ1) is 12.1. The fourth-order valence-corrected chi connectivity index (χ4v) is 5.03. The predicted octanol–water partition coefficient (Wildman–Crippen LogP) is 2.86. The number of aromatic nitrogens is 1. The van der Waals surface area contributed by atoms with Gasteiger partial charge in [-0.25, -0.2) is 4.98 Å². The molecule has 1 amide bonds. The number of halogens is 1. The van der Waals surface area contributed by atoms with Gasteiger partial charge in [0.1, 0.15) is 5.82 Å². The van der Waals surface area contributed by atoms with E-state index in [9.17, 15) is 9.90 Å². The molecule has 25 heavy (non-hydrogen) atoms. The molecule has 6 heteroatoms. The number of carbonyl (C=O) groups excluding carboxylic acids is 1. The van der Waals surface area contributed by atoms with Gasteiger partial charge < -0.3 is 14.9 Å². The van der Waals surface area contributed by atoms with Crippen molar-refractivity contribution in [2.24, 2.45) is 5.41 Å². The Morgan fingerprint density at radius 2 is 1.80 bits per heavy atom. The molecule has 2 aliphatic heterocycles. The Morgan fingerprint density at radius 3 is 2.48 bits per heavy atom. The molecule has 136 valence electrons. The Balaban J connectivity index is 1.41. The Labute approximate surface area is 154 Å². The third kappa shape index (κ3) is 3.13. The molecule has 1 N–H and O–H groups in total. The van der Waals surface area contributed by atoms with E-state index in [0.29, 0.717) is 17.0 Å². The number of aliphatic hydroxyl groups is 1. The van der Waals surface area contributed by atoms with E-state index >= 15 is 0 Å². The van der Waals surface area contributed by atoms with Gasteiger partial charge in [0.05, 0.1) is 16.5 Å². The summed E-state index contributed by atoms with van der Waals surface area (Å²) in [5.41, 5.74) is -0.187. The lowest BCUT2D eigenvalue weighted by molar-refractivity contribution is -0.139. The maximum atomic E-state index is 13.2. The number of hydrogen-bond acceptors (Lipinski definition) is 4. The fraction of sp³-hybridized carbons (Fsp3) is 0.684. The molecule has 0 radical (unpaired) electrons. The van der Waals surface area contributed by atoms with Crippen LogP contribution in [0.15, 0.2) is 18.3 Å². The van der Waals surface area contributed by atoms with Gasteiger partial charge in [-0.05, 0) is 57.1 Å². The van der Waals surface area contributed by atoms with E-state index < -0.39 is 0 Å². The van der Waals surface area contributed by atoms with Gasteiger partial charge in [-0.1, -0.05) is 11.6 Å². The lowest BCUT2D eigenvalue weighted by Crippen LogP contribution is -2.47. The molecule has 0 atom stereocenters. The second kappa shape index (κ2) is 6.76. The smallest absolute Gasteiger partial charge is 0.229 e. The first kappa shape index (κ1) is 17.1. The molecular formula is C19H26ClN3O2. The Kier molecular flexibility index (Phi) is 4.63. The molecule has 3 heterocycles. The highest BCUT2D eigenvalue weighted by Crippen LogP contribution is 2.44. The summed E-state index contributed by atoms with van der Waals surface area (Å²) >= 11 is 6.27. The van der Waals surface area contributed by atoms with E-state index in [4.69, 9.17) is 11.6 Å². The second-order valence-corrected chi connectivity index (χ2v) is 8.19. The minimum absolute atomic E-state index is 0.172. The first-order valence-electron chi connectivity index (χ1n) is 9.44. The largest absolute Gasteiger partial charge is 0.393 e. The molecule has 1 aromatic heterocycles. The van der Waals surface area contributed by atoms with Gasteiger partial charge in [0.15, 0.2) is 0 Å². The van der Waals surface area contributed by atoms with Crippen LogP contribution in [0.4, 0.5) is 5.82 Å². The molecule has 0 aromatic carbocycles. The maximum absolute atomic E-state index is 13.2. The normalized spacial score (nSPS) is 29.4. The van der Waals surface area contributed by atoms with Crippen LogP contribution in [0, 0.1) is 5.41 Å². The number of piperidine rings is 1. The van der Waals surface area contributed by atoms with Crippen LogP contribution in [0.1, 0.15) is 44.9 Å². The highest BCUT2D eigenvalue weighted by molar-refractivity contribution is 6.32. The number of likely N-dealkylation sites (tertiary alicyclic amines) is 1. The molecule has 5 nitrogen and oxygen atoms in total. The quantitative estimate of drug-likeness (QED) is 0.877. The Bertz CT molecular complexity index is 637. The van der Waals surface area contributed by atoms with Crippen molar-refractivity contribution in [3.63, 3.8) is 0 Å². The second-order valence-electron chi connectivity index (χ2n) is 7.79. The van der Waals surface area contributed by atoms with Crippen LogP contribution in [-0.2, 0) is 4.79 Å². The number of aliphatic hydroxyl groups excluding tert-OH is 1. The third-order valence-corrected chi connectivity index (χ3v) is 6.71. The van der Waals surface area contributed by atoms with Crippen LogP contribution < -0.4 is 4.90 Å². The van der Waals surface area contributed by atoms with Crippen molar-refractivity contribution in [2.45, 2.75) is 57.1 Å². The Hall–Kier alpha value is -1.33. The molecule has 1 saturated carbocycles. The van der Waals surface area contributed by atoms with E-state index in [-0.39, 0.29) is 11.5 Å². The fourth-order valence-electron chi connectivity index (χ4n) is 4.79. The zero-order chi connectivity index (χ0) is 17.4. The standard InChI is InChI=1S/C19H26ClN3O2/c20-16-2-1-10-21-17(16)22-11-7-19(8-12-22)9-13-23(18(19)25)14-3-5-15(24)6-4-14/h1-2,10,14-15,24H,3-9,11-13H2/t14-,15-. The van der Waals surface area contributed by atoms with Crippen molar-refractivity contribution in [1.29, 1.82) is 0 Å². The number of amides is 1. The summed E-state index contributed by atoms with van der Waals surface area (Å²) in [4.78, 5) is 21.9. The van der Waals surface area contributed by atoms with Crippen LogP contribution in [-0.4, -0.2) is 52.7 Å². The third-order valence-electron chi connectivity index (χ3n) is 6.41. The van der Waals surface area contributed by atoms with Crippen molar-refractivity contribution in [1.82, 2.24) is 9.88 Å². The molecule has 1 aliphatic carbocycles. The van der Waals surface area contributed by atoms with Crippen LogP contribution in [0.2, 0.25) is 5.02 Å². The van der Waals surface area contributed by atoms with Gasteiger partial charge in [-0.2, -0.15) is 0 Å². The first-order valence-corrected chi connectivity index (χ1v) is 9.81. The number of nitrogens with zero attached hydrogens (tertiary/aromatic N) is 3. The summed E-state index contributed by atoms with van der Waals surface area (Å²) in [6, 6.07) is 4.05. The van der Waals surface area contributed by atoms with E-state index in [1.807, 2.05) is 12.1 Å². The zero-order valence-electron chi connectivity index (χ0n) is 14.5. The van der Waals surface area contributed by atoms with Crippen molar-refractivity contribution in [3.8, 4) is 0 Å². The SMILES string of the molecule is O=C1N([C@H]2CC[C@H](O)CC2)CCC12CCN(c1ncccc1Cl)CC2. The van der Waals surface area contributed by atoms with Crippen LogP contribution in [0.5, 0.6) is 0 Å². The van der Waals surface area contributed by atoms with E-state index in [1.54, 1.807) is 6.20 Å². The van der Waals surface area contributed by atoms with Crippen LogP contribution in [0.25, 0.3) is 0 Å². The van der Waals surface area contributed by atoms with Gasteiger partial charge in [0, 0.05) is 31.9 Å². The molecule has 3 aliphatic rings. The average Bonchev–Trinajstić information content (AvgIpc) is 2.94. The number of anilines is 1. The molecular weight excluding hydrogens is 338 g/mol. The van der Waals surface area contributed by atoms with E-state index in [0.717, 1.165) is 70.4 Å².